The van der Waals surface area contributed by atoms with E-state index in [1.54, 1.807) is 18.2 Å². The molecule has 0 fully saturated rings. The van der Waals surface area contributed by atoms with Crippen molar-refractivity contribution in [3.05, 3.63) is 47.0 Å². The zero-order chi connectivity index (χ0) is 17.3. The molecular formula is C17H19FN4O2. The Morgan fingerprint density at radius 1 is 1.42 bits per heavy atom. The molecular weight excluding hydrogens is 311 g/mol. The Morgan fingerprint density at radius 2 is 2.17 bits per heavy atom. The minimum absolute atomic E-state index is 0.229. The molecule has 0 saturated heterocycles. The molecule has 1 aliphatic heterocycles. The molecule has 1 aliphatic rings. The number of hydrogen-bond donors (Lipinski definition) is 1. The lowest BCUT2D eigenvalue weighted by Gasteiger charge is -2.10. The number of nitrogens with one attached hydrogen (secondary N) is 1. The van der Waals surface area contributed by atoms with Gasteiger partial charge in [-0.3, -0.25) is 9.48 Å². The van der Waals surface area contributed by atoms with Gasteiger partial charge in [-0.1, -0.05) is 23.4 Å². The van der Waals surface area contributed by atoms with Crippen LogP contribution in [-0.2, 0) is 16.2 Å². The summed E-state index contributed by atoms with van der Waals surface area (Å²) in [6, 6.07) is 6.31. The van der Waals surface area contributed by atoms with Crippen molar-refractivity contribution in [2.75, 3.05) is 5.32 Å². The van der Waals surface area contributed by atoms with Crippen molar-refractivity contribution in [2.45, 2.75) is 39.8 Å². The van der Waals surface area contributed by atoms with Gasteiger partial charge in [0.15, 0.2) is 0 Å². The maximum absolute atomic E-state index is 13.8. The van der Waals surface area contributed by atoms with Gasteiger partial charge < -0.3 is 10.2 Å². The highest BCUT2D eigenvalue weighted by molar-refractivity contribution is 6.06. The van der Waals surface area contributed by atoms with Crippen LogP contribution in [0.3, 0.4) is 0 Å². The van der Waals surface area contributed by atoms with E-state index >= 15 is 0 Å². The molecule has 0 bridgehead atoms. The van der Waals surface area contributed by atoms with E-state index in [4.69, 9.17) is 4.84 Å². The second-order valence-electron chi connectivity index (χ2n) is 5.67. The van der Waals surface area contributed by atoms with Crippen molar-refractivity contribution >= 4 is 17.3 Å². The minimum atomic E-state index is -0.775. The summed E-state index contributed by atoms with van der Waals surface area (Å²) < 4.78 is 15.6. The first-order valence-electron chi connectivity index (χ1n) is 7.83. The average molecular weight is 330 g/mol. The van der Waals surface area contributed by atoms with E-state index < -0.39 is 6.10 Å². The third-order valence-corrected chi connectivity index (χ3v) is 4.08. The van der Waals surface area contributed by atoms with Gasteiger partial charge in [0.05, 0.1) is 22.8 Å². The lowest BCUT2D eigenvalue weighted by Crippen LogP contribution is -2.28. The number of carbonyl (C=O) groups is 1. The van der Waals surface area contributed by atoms with Crippen LogP contribution in [0.1, 0.15) is 30.3 Å². The largest absolute Gasteiger partial charge is 0.382 e. The lowest BCUT2D eigenvalue weighted by molar-refractivity contribution is -0.125. The molecule has 24 heavy (non-hydrogen) atoms. The molecule has 0 radical (unpaired) electrons. The predicted octanol–water partition coefficient (Wildman–Crippen LogP) is 2.79. The highest BCUT2D eigenvalue weighted by atomic mass is 19.1. The Balaban J connectivity index is 1.71. The molecule has 6 nitrogen and oxygen atoms in total. The number of oxime groups is 1. The summed E-state index contributed by atoms with van der Waals surface area (Å²) in [4.78, 5) is 17.6. The topological polar surface area (TPSA) is 68.5 Å². The second kappa shape index (κ2) is 6.43. The number of rotatable bonds is 4. The van der Waals surface area contributed by atoms with Crippen LogP contribution < -0.4 is 5.32 Å². The molecule has 0 aliphatic carbocycles. The molecule has 1 aromatic carbocycles. The van der Waals surface area contributed by atoms with E-state index in [0.717, 1.165) is 17.9 Å². The van der Waals surface area contributed by atoms with Crippen molar-refractivity contribution < 1.29 is 14.0 Å². The molecule has 126 valence electrons. The molecule has 1 aromatic heterocycles. The van der Waals surface area contributed by atoms with Crippen molar-refractivity contribution in [1.29, 1.82) is 0 Å². The number of halogens is 1. The van der Waals surface area contributed by atoms with Gasteiger partial charge in [0.2, 0.25) is 6.10 Å². The van der Waals surface area contributed by atoms with Crippen LogP contribution in [0.15, 0.2) is 29.4 Å². The summed E-state index contributed by atoms with van der Waals surface area (Å²) in [5.74, 6) is -0.691. The smallest absolute Gasteiger partial charge is 0.268 e. The van der Waals surface area contributed by atoms with Crippen molar-refractivity contribution in [3.8, 4) is 0 Å². The maximum Gasteiger partial charge on any atom is 0.268 e. The summed E-state index contributed by atoms with van der Waals surface area (Å²) in [6.07, 6.45) is -0.546. The van der Waals surface area contributed by atoms with E-state index in [1.807, 2.05) is 25.5 Å². The van der Waals surface area contributed by atoms with Crippen molar-refractivity contribution in [3.63, 3.8) is 0 Å². The molecule has 1 unspecified atom stereocenters. The van der Waals surface area contributed by atoms with Crippen LogP contribution >= 0.6 is 0 Å². The molecule has 0 saturated carbocycles. The molecule has 1 N–H and O–H groups in total. The zero-order valence-corrected chi connectivity index (χ0v) is 13.8. The van der Waals surface area contributed by atoms with Gasteiger partial charge in [0, 0.05) is 18.5 Å². The third kappa shape index (κ3) is 2.89. The molecule has 1 atom stereocenters. The van der Waals surface area contributed by atoms with E-state index in [9.17, 15) is 9.18 Å². The number of benzene rings is 1. The van der Waals surface area contributed by atoms with Gasteiger partial charge in [0.25, 0.3) is 5.91 Å². The fraction of sp³-hybridized carbons (Fsp3) is 0.353. The molecule has 1 amide bonds. The van der Waals surface area contributed by atoms with Crippen molar-refractivity contribution in [1.82, 2.24) is 9.78 Å². The maximum atomic E-state index is 13.8. The Kier molecular flexibility index (Phi) is 4.33. The minimum Gasteiger partial charge on any atom is -0.382 e. The van der Waals surface area contributed by atoms with Crippen molar-refractivity contribution in [2.24, 2.45) is 5.16 Å². The van der Waals surface area contributed by atoms with E-state index in [-0.39, 0.29) is 18.1 Å². The summed E-state index contributed by atoms with van der Waals surface area (Å²) in [7, 11) is 0. The van der Waals surface area contributed by atoms with Crippen LogP contribution in [0.5, 0.6) is 0 Å². The standard InChI is InChI=1S/C17H19FN4O2/c1-4-22-11(3)16(10(2)20-22)19-17(23)15-9-14(21-24-15)12-7-5-6-8-13(12)18/h5-8,15H,4,9H2,1-3H3,(H,19,23). The Hall–Kier alpha value is -2.70. The van der Waals surface area contributed by atoms with Gasteiger partial charge in [-0.05, 0) is 26.8 Å². The monoisotopic (exact) mass is 330 g/mol. The molecule has 0 spiro atoms. The summed E-state index contributed by atoms with van der Waals surface area (Å²) in [5, 5.41) is 11.1. The number of anilines is 1. The summed E-state index contributed by atoms with van der Waals surface area (Å²) in [6.45, 7) is 6.45. The molecule has 2 aromatic rings. The van der Waals surface area contributed by atoms with Gasteiger partial charge in [-0.2, -0.15) is 5.10 Å². The van der Waals surface area contributed by atoms with Gasteiger partial charge in [-0.25, -0.2) is 4.39 Å². The van der Waals surface area contributed by atoms with Gasteiger partial charge in [0.1, 0.15) is 5.82 Å². The fourth-order valence-electron chi connectivity index (χ4n) is 2.76. The zero-order valence-electron chi connectivity index (χ0n) is 13.8. The summed E-state index contributed by atoms with van der Waals surface area (Å²) in [5.41, 5.74) is 3.11. The quantitative estimate of drug-likeness (QED) is 0.937. The third-order valence-electron chi connectivity index (χ3n) is 4.08. The Labute approximate surface area is 139 Å². The number of carbonyl (C=O) groups excluding carboxylic acids is 1. The van der Waals surface area contributed by atoms with Crippen LogP contribution in [0.2, 0.25) is 0 Å². The number of hydrogen-bond acceptors (Lipinski definition) is 4. The normalized spacial score (nSPS) is 16.7. The fourth-order valence-corrected chi connectivity index (χ4v) is 2.76. The number of aryl methyl sites for hydroxylation is 2. The first-order valence-corrected chi connectivity index (χ1v) is 7.83. The Morgan fingerprint density at radius 3 is 2.83 bits per heavy atom. The highest BCUT2D eigenvalue weighted by Crippen LogP contribution is 2.23. The van der Waals surface area contributed by atoms with Crippen LogP contribution in [-0.4, -0.2) is 27.5 Å². The average Bonchev–Trinajstić information content (AvgIpc) is 3.15. The van der Waals surface area contributed by atoms with Crippen LogP contribution in [0.4, 0.5) is 10.1 Å². The predicted molar refractivity (Wildman–Crippen MR) is 88.4 cm³/mol. The SMILES string of the molecule is CCn1nc(C)c(NC(=O)C2CC(c3ccccc3F)=NO2)c1C. The first-order chi connectivity index (χ1) is 11.5. The second-order valence-corrected chi connectivity index (χ2v) is 5.67. The highest BCUT2D eigenvalue weighted by Gasteiger charge is 2.31. The molecule has 7 heteroatoms. The van der Waals surface area contributed by atoms with E-state index in [1.165, 1.54) is 6.07 Å². The number of aromatic nitrogens is 2. The van der Waals surface area contributed by atoms with Crippen LogP contribution in [0, 0.1) is 19.7 Å². The first kappa shape index (κ1) is 16.2. The van der Waals surface area contributed by atoms with E-state index in [2.05, 4.69) is 15.6 Å². The summed E-state index contributed by atoms with van der Waals surface area (Å²) >= 11 is 0. The number of nitrogens with zero attached hydrogens (tertiary/aromatic N) is 3. The van der Waals surface area contributed by atoms with Gasteiger partial charge >= 0.3 is 0 Å². The van der Waals surface area contributed by atoms with Gasteiger partial charge in [-0.15, -0.1) is 0 Å². The van der Waals surface area contributed by atoms with Crippen LogP contribution in [0.25, 0.3) is 0 Å². The molecule has 3 rings (SSSR count). The number of amides is 1. The lowest BCUT2D eigenvalue weighted by atomic mass is 10.0. The Bertz CT molecular complexity index is 813. The molecule has 2 heterocycles. The van der Waals surface area contributed by atoms with E-state index in [0.29, 0.717) is 17.0 Å².